The molecule has 0 aliphatic rings. The van der Waals surface area contributed by atoms with Crippen LogP contribution in [0.3, 0.4) is 0 Å². The molecule has 7 aromatic carbocycles. The van der Waals surface area contributed by atoms with Gasteiger partial charge in [-0.2, -0.15) is 0 Å². The topological polar surface area (TPSA) is 35.1 Å². The molecular formula is C42H24N4. The number of rotatable bonds is 2. The highest BCUT2D eigenvalue weighted by atomic mass is 15.1. The van der Waals surface area contributed by atoms with Crippen LogP contribution in [-0.2, 0) is 0 Å². The van der Waals surface area contributed by atoms with Crippen LogP contribution < -0.4 is 0 Å². The van der Waals surface area contributed by atoms with Crippen LogP contribution in [0.15, 0.2) is 146 Å². The zero-order valence-corrected chi connectivity index (χ0v) is 24.5. The summed E-state index contributed by atoms with van der Waals surface area (Å²) in [6.45, 7) is 0. The summed E-state index contributed by atoms with van der Waals surface area (Å²) in [4.78, 5) is 10.8. The van der Waals surface area contributed by atoms with Crippen molar-refractivity contribution in [1.82, 2.24) is 18.9 Å². The van der Waals surface area contributed by atoms with Crippen LogP contribution in [0.2, 0.25) is 0 Å². The van der Waals surface area contributed by atoms with Gasteiger partial charge in [0.1, 0.15) is 5.69 Å². The second-order valence-electron chi connectivity index (χ2n) is 12.0. The van der Waals surface area contributed by atoms with Gasteiger partial charge in [-0.1, -0.05) is 115 Å². The van der Waals surface area contributed by atoms with Gasteiger partial charge in [0.25, 0.3) is 0 Å². The number of fused-ring (bicyclic) bond motifs is 8. The van der Waals surface area contributed by atoms with Crippen LogP contribution in [0.5, 0.6) is 0 Å². The van der Waals surface area contributed by atoms with Crippen molar-refractivity contribution in [2.45, 2.75) is 0 Å². The van der Waals surface area contributed by atoms with Gasteiger partial charge in [0.15, 0.2) is 5.82 Å². The highest BCUT2D eigenvalue weighted by Crippen LogP contribution is 2.44. The molecular weight excluding hydrogens is 560 g/mol. The Labute approximate surface area is 265 Å². The Morgan fingerprint density at radius 2 is 1.20 bits per heavy atom. The molecule has 0 unspecified atom stereocenters. The fraction of sp³-hybridized carbons (Fsp3) is 0. The third-order valence-electron chi connectivity index (χ3n) is 9.64. The molecule has 4 heterocycles. The lowest BCUT2D eigenvalue weighted by molar-refractivity contribution is 1.08. The smallest absolute Gasteiger partial charge is 0.165 e. The van der Waals surface area contributed by atoms with Crippen molar-refractivity contribution in [2.24, 2.45) is 0 Å². The summed E-state index contributed by atoms with van der Waals surface area (Å²) in [6.07, 6.45) is 0. The molecule has 0 fully saturated rings. The average Bonchev–Trinajstić information content (AvgIpc) is 3.62. The van der Waals surface area contributed by atoms with Crippen LogP contribution in [0, 0.1) is 0 Å². The Morgan fingerprint density at radius 1 is 0.478 bits per heavy atom. The van der Waals surface area contributed by atoms with E-state index < -0.39 is 0 Å². The van der Waals surface area contributed by atoms with E-state index in [0.29, 0.717) is 12.1 Å². The molecule has 11 aromatic rings. The Bertz CT molecular complexity index is 3140. The van der Waals surface area contributed by atoms with E-state index in [2.05, 4.69) is 106 Å². The zero-order valence-electron chi connectivity index (χ0n) is 26.5. The third kappa shape index (κ3) is 2.98. The number of hydrogen-bond donors (Lipinski definition) is 0. The normalized spacial score (nSPS) is 13.0. The number of para-hydroxylation sites is 2. The van der Waals surface area contributed by atoms with Crippen molar-refractivity contribution in [1.29, 1.82) is 0 Å². The molecule has 46 heavy (non-hydrogen) atoms. The summed E-state index contributed by atoms with van der Waals surface area (Å²) >= 11 is 0. The van der Waals surface area contributed by atoms with Crippen LogP contribution in [0.4, 0.5) is 0 Å². The fourth-order valence-electron chi connectivity index (χ4n) is 7.77. The van der Waals surface area contributed by atoms with E-state index in [4.69, 9.17) is 12.7 Å². The number of nitrogens with zero attached hydrogens (tertiary/aromatic N) is 4. The molecule has 0 aliphatic carbocycles. The molecule has 0 N–H and O–H groups in total. The minimum atomic E-state index is 0.428. The molecule has 0 saturated heterocycles. The van der Waals surface area contributed by atoms with Gasteiger partial charge in [0, 0.05) is 37.9 Å². The molecule has 0 radical (unpaired) electrons. The van der Waals surface area contributed by atoms with Crippen LogP contribution in [0.1, 0.15) is 2.74 Å². The molecule has 0 saturated carbocycles. The van der Waals surface area contributed by atoms with Gasteiger partial charge in [0.2, 0.25) is 0 Å². The molecule has 212 valence electrons. The molecule has 11 rings (SSSR count). The predicted octanol–water partition coefficient (Wildman–Crippen LogP) is 10.7. The first-order valence-electron chi connectivity index (χ1n) is 16.5. The summed E-state index contributed by atoms with van der Waals surface area (Å²) < 4.78 is 22.5. The molecule has 4 nitrogen and oxygen atoms in total. The zero-order chi connectivity index (χ0) is 31.7. The lowest BCUT2D eigenvalue weighted by atomic mass is 10.0. The van der Waals surface area contributed by atoms with Crippen molar-refractivity contribution in [2.75, 3.05) is 0 Å². The molecule has 4 aromatic heterocycles. The summed E-state index contributed by atoms with van der Waals surface area (Å²) in [5.74, 6) is 0.776. The molecule has 0 atom stereocenters. The monoisotopic (exact) mass is 586 g/mol. The summed E-state index contributed by atoms with van der Waals surface area (Å²) in [5, 5.41) is 8.22. The first-order valence-corrected chi connectivity index (χ1v) is 15.5. The minimum absolute atomic E-state index is 0.428. The summed E-state index contributed by atoms with van der Waals surface area (Å²) in [7, 11) is 0. The Balaban J connectivity index is 1.41. The van der Waals surface area contributed by atoms with Gasteiger partial charge in [-0.15, -0.1) is 0 Å². The van der Waals surface area contributed by atoms with Gasteiger partial charge >= 0.3 is 0 Å². The third-order valence-corrected chi connectivity index (χ3v) is 9.64. The standard InChI is InChI=1S/C42H24N4/c1-2-12-26(13-3-1)39-42(44-40-27-14-5-4-11-25(27)23-24-32(40)43-39)46-34-20-9-16-29-31-18-8-17-30-28-15-6-7-19-33(28)45(41(30)31)35-21-10-22-36(46)38(35)37(29)34/h1-24H/i15D,17D. The van der Waals surface area contributed by atoms with Crippen LogP contribution in [0.25, 0.3) is 98.8 Å². The van der Waals surface area contributed by atoms with E-state index in [1.165, 1.54) is 0 Å². The molecule has 0 amide bonds. The number of hydrogen-bond acceptors (Lipinski definition) is 2. The Hall–Kier alpha value is -6.26. The number of aromatic nitrogens is 4. The minimum Gasteiger partial charge on any atom is -0.308 e. The molecule has 0 aliphatic heterocycles. The van der Waals surface area contributed by atoms with Gasteiger partial charge in [-0.05, 0) is 41.1 Å². The van der Waals surface area contributed by atoms with Crippen LogP contribution in [-0.4, -0.2) is 18.9 Å². The van der Waals surface area contributed by atoms with E-state index in [-0.39, 0.29) is 0 Å². The van der Waals surface area contributed by atoms with E-state index in [0.717, 1.165) is 98.8 Å². The second-order valence-corrected chi connectivity index (χ2v) is 12.0. The quantitative estimate of drug-likeness (QED) is 0.189. The predicted molar refractivity (Wildman–Crippen MR) is 191 cm³/mol. The molecule has 4 heteroatoms. The van der Waals surface area contributed by atoms with Gasteiger partial charge in [-0.3, -0.25) is 4.57 Å². The van der Waals surface area contributed by atoms with E-state index in [1.54, 1.807) is 0 Å². The van der Waals surface area contributed by atoms with Crippen molar-refractivity contribution >= 4 is 81.7 Å². The molecule has 0 bridgehead atoms. The lowest BCUT2D eigenvalue weighted by Gasteiger charge is -2.15. The van der Waals surface area contributed by atoms with Crippen molar-refractivity contribution in [3.8, 4) is 17.1 Å². The number of benzene rings is 7. The van der Waals surface area contributed by atoms with E-state index >= 15 is 0 Å². The second kappa shape index (κ2) is 8.68. The van der Waals surface area contributed by atoms with Gasteiger partial charge in [-0.25, -0.2) is 9.97 Å². The lowest BCUT2D eigenvalue weighted by Crippen LogP contribution is -2.04. The Morgan fingerprint density at radius 3 is 2.13 bits per heavy atom. The maximum absolute atomic E-state index is 9.00. The van der Waals surface area contributed by atoms with Crippen molar-refractivity contribution in [3.63, 3.8) is 0 Å². The summed E-state index contributed by atoms with van der Waals surface area (Å²) in [5.41, 5.74) is 8.54. The highest BCUT2D eigenvalue weighted by molar-refractivity contribution is 6.31. The first kappa shape index (κ1) is 22.3. The fourth-order valence-corrected chi connectivity index (χ4v) is 7.77. The van der Waals surface area contributed by atoms with Crippen LogP contribution >= 0.6 is 0 Å². The maximum atomic E-state index is 9.00. The van der Waals surface area contributed by atoms with Crippen molar-refractivity contribution < 1.29 is 2.74 Å². The largest absolute Gasteiger partial charge is 0.308 e. The van der Waals surface area contributed by atoms with Crippen molar-refractivity contribution in [3.05, 3.63) is 146 Å². The Kier molecular flexibility index (Phi) is 4.20. The maximum Gasteiger partial charge on any atom is 0.165 e. The van der Waals surface area contributed by atoms with Gasteiger partial charge < -0.3 is 4.40 Å². The highest BCUT2D eigenvalue weighted by Gasteiger charge is 2.24. The van der Waals surface area contributed by atoms with E-state index in [1.807, 2.05) is 36.4 Å². The first-order chi connectivity index (χ1) is 23.7. The molecule has 0 spiro atoms. The summed E-state index contributed by atoms with van der Waals surface area (Å²) in [6, 6.07) is 46.5. The van der Waals surface area contributed by atoms with E-state index in [9.17, 15) is 0 Å². The van der Waals surface area contributed by atoms with Gasteiger partial charge in [0.05, 0.1) is 41.4 Å². The SMILES string of the molecule is [2H]c1cccc2c1c1c([2H])ccc3c4cccc5c4c4c(cccc4n2c31)n5-c1nc2c(ccc3ccccc32)nc1-c1ccccc1. The average molecular weight is 587 g/mol.